The van der Waals surface area contributed by atoms with E-state index >= 15 is 0 Å². The van der Waals surface area contributed by atoms with Gasteiger partial charge in [-0.2, -0.15) is 0 Å². The molecule has 0 fully saturated rings. The van der Waals surface area contributed by atoms with E-state index in [0.717, 1.165) is 26.4 Å². The summed E-state index contributed by atoms with van der Waals surface area (Å²) < 4.78 is 6.33. The molecule has 2 aromatic rings. The van der Waals surface area contributed by atoms with Crippen LogP contribution in [0.1, 0.15) is 5.56 Å². The monoisotopic (exact) mass is 227 g/mol. The van der Waals surface area contributed by atoms with Crippen molar-refractivity contribution in [1.82, 2.24) is 0 Å². The highest BCUT2D eigenvalue weighted by Gasteiger charge is 2.06. The summed E-state index contributed by atoms with van der Waals surface area (Å²) in [5.74, 6) is 1.30. The maximum atomic E-state index is 5.85. The Hall–Kier alpha value is -0.930. The van der Waals surface area contributed by atoms with Crippen molar-refractivity contribution in [2.45, 2.75) is 5.88 Å². The topological polar surface area (TPSA) is 35.2 Å². The van der Waals surface area contributed by atoms with E-state index < -0.39 is 0 Å². The number of benzene rings is 1. The second-order valence-corrected chi connectivity index (χ2v) is 4.34. The number of halogens is 1. The molecule has 0 amide bonds. The first kappa shape index (κ1) is 9.62. The van der Waals surface area contributed by atoms with E-state index in [1.54, 1.807) is 18.4 Å². The first-order valence-electron chi connectivity index (χ1n) is 4.16. The second-order valence-electron chi connectivity index (χ2n) is 2.99. The smallest absolute Gasteiger partial charge is 0.119 e. The van der Waals surface area contributed by atoms with E-state index in [0.29, 0.717) is 5.88 Å². The van der Waals surface area contributed by atoms with E-state index in [4.69, 9.17) is 22.1 Å². The van der Waals surface area contributed by atoms with Crippen LogP contribution in [0, 0.1) is 0 Å². The summed E-state index contributed by atoms with van der Waals surface area (Å²) in [6, 6.07) is 5.86. The second kappa shape index (κ2) is 3.67. The molecule has 2 N–H and O–H groups in total. The molecule has 0 saturated heterocycles. The van der Waals surface area contributed by atoms with E-state index in [9.17, 15) is 0 Å². The average Bonchev–Trinajstić information content (AvgIpc) is 2.56. The lowest BCUT2D eigenvalue weighted by molar-refractivity contribution is 0.415. The molecule has 2 nitrogen and oxygen atoms in total. The van der Waals surface area contributed by atoms with Crippen LogP contribution in [0.15, 0.2) is 18.2 Å². The first-order chi connectivity index (χ1) is 6.74. The predicted molar refractivity (Wildman–Crippen MR) is 62.3 cm³/mol. The van der Waals surface area contributed by atoms with Crippen LogP contribution in [-0.4, -0.2) is 7.11 Å². The zero-order chi connectivity index (χ0) is 10.1. The Balaban J connectivity index is 2.72. The van der Waals surface area contributed by atoms with E-state index in [1.165, 1.54) is 0 Å². The van der Waals surface area contributed by atoms with Crippen LogP contribution < -0.4 is 10.5 Å². The first-order valence-corrected chi connectivity index (χ1v) is 5.51. The summed E-state index contributed by atoms with van der Waals surface area (Å²) >= 11 is 7.41. The number of ether oxygens (including phenoxy) is 1. The molecule has 1 aromatic carbocycles. The fraction of sp³-hybridized carbons (Fsp3) is 0.200. The largest absolute Gasteiger partial charge is 0.497 e. The molecule has 1 heterocycles. The van der Waals surface area contributed by atoms with Gasteiger partial charge in [0.1, 0.15) is 5.75 Å². The van der Waals surface area contributed by atoms with Crippen LogP contribution in [0.5, 0.6) is 5.75 Å². The predicted octanol–water partition coefficient (Wildman–Crippen LogP) is 3.23. The third kappa shape index (κ3) is 1.53. The number of rotatable bonds is 2. The molecule has 0 spiro atoms. The molecule has 0 atom stereocenters. The van der Waals surface area contributed by atoms with Crippen molar-refractivity contribution in [2.75, 3.05) is 12.8 Å². The highest BCUT2D eigenvalue weighted by atomic mass is 35.5. The van der Waals surface area contributed by atoms with Gasteiger partial charge in [-0.25, -0.2) is 0 Å². The van der Waals surface area contributed by atoms with Crippen molar-refractivity contribution in [3.8, 4) is 5.75 Å². The SMILES string of the molecule is COc1cc(CCl)c2sc(N)cc2c1. The van der Waals surface area contributed by atoms with E-state index in [2.05, 4.69) is 0 Å². The number of alkyl halides is 1. The molecule has 0 aliphatic heterocycles. The average molecular weight is 228 g/mol. The highest BCUT2D eigenvalue weighted by Crippen LogP contribution is 2.34. The maximum Gasteiger partial charge on any atom is 0.119 e. The van der Waals surface area contributed by atoms with Gasteiger partial charge in [0.2, 0.25) is 0 Å². The molecule has 2 rings (SSSR count). The van der Waals surface area contributed by atoms with Crippen molar-refractivity contribution < 1.29 is 4.74 Å². The Labute approximate surface area is 91.2 Å². The van der Waals surface area contributed by atoms with Crippen LogP contribution in [0.4, 0.5) is 5.00 Å². The van der Waals surface area contributed by atoms with Crippen LogP contribution in [0.3, 0.4) is 0 Å². The zero-order valence-corrected chi connectivity index (χ0v) is 9.28. The molecule has 0 bridgehead atoms. The van der Waals surface area contributed by atoms with Crippen LogP contribution >= 0.6 is 22.9 Å². The van der Waals surface area contributed by atoms with Crippen molar-refractivity contribution >= 4 is 38.0 Å². The van der Waals surface area contributed by atoms with Crippen molar-refractivity contribution in [1.29, 1.82) is 0 Å². The molecule has 0 aliphatic rings. The van der Waals surface area contributed by atoms with Crippen LogP contribution in [-0.2, 0) is 5.88 Å². The normalized spacial score (nSPS) is 10.7. The lowest BCUT2D eigenvalue weighted by Gasteiger charge is -2.03. The quantitative estimate of drug-likeness (QED) is 0.800. The maximum absolute atomic E-state index is 5.85. The van der Waals surface area contributed by atoms with E-state index in [-0.39, 0.29) is 0 Å². The van der Waals surface area contributed by atoms with Gasteiger partial charge in [0.15, 0.2) is 0 Å². The minimum atomic E-state index is 0.480. The lowest BCUT2D eigenvalue weighted by atomic mass is 10.2. The van der Waals surface area contributed by atoms with Gasteiger partial charge in [-0.1, -0.05) is 0 Å². The van der Waals surface area contributed by atoms with Crippen molar-refractivity contribution in [2.24, 2.45) is 0 Å². The minimum absolute atomic E-state index is 0.480. The standard InChI is InChI=1S/C10H10ClNOS/c1-13-8-2-6-4-9(12)14-10(6)7(3-8)5-11/h2-4H,5,12H2,1H3. The van der Waals surface area contributed by atoms with E-state index in [1.807, 2.05) is 18.2 Å². The summed E-state index contributed by atoms with van der Waals surface area (Å²) in [4.78, 5) is 0. The van der Waals surface area contributed by atoms with Gasteiger partial charge in [0.05, 0.1) is 12.1 Å². The number of hydrogen-bond donors (Lipinski definition) is 1. The highest BCUT2D eigenvalue weighted by molar-refractivity contribution is 7.22. The van der Waals surface area contributed by atoms with Crippen LogP contribution in [0.25, 0.3) is 10.1 Å². The Morgan fingerprint density at radius 3 is 2.86 bits per heavy atom. The summed E-state index contributed by atoms with van der Waals surface area (Å²) in [6.45, 7) is 0. The van der Waals surface area contributed by atoms with Gasteiger partial charge in [-0.3, -0.25) is 0 Å². The molecule has 14 heavy (non-hydrogen) atoms. The summed E-state index contributed by atoms with van der Waals surface area (Å²) in [7, 11) is 1.65. The van der Waals surface area contributed by atoms with Crippen LogP contribution in [0.2, 0.25) is 0 Å². The van der Waals surface area contributed by atoms with Gasteiger partial charge in [-0.05, 0) is 29.1 Å². The lowest BCUT2D eigenvalue weighted by Crippen LogP contribution is -1.85. The van der Waals surface area contributed by atoms with Crippen molar-refractivity contribution in [3.05, 3.63) is 23.8 Å². The zero-order valence-electron chi connectivity index (χ0n) is 7.71. The molecule has 4 heteroatoms. The molecular weight excluding hydrogens is 218 g/mol. The fourth-order valence-corrected chi connectivity index (χ4v) is 2.64. The van der Waals surface area contributed by atoms with Gasteiger partial charge in [0.25, 0.3) is 0 Å². The molecular formula is C10H10ClNOS. The summed E-state index contributed by atoms with van der Waals surface area (Å²) in [6.07, 6.45) is 0. The third-order valence-electron chi connectivity index (χ3n) is 2.07. The summed E-state index contributed by atoms with van der Waals surface area (Å²) in [5.41, 5.74) is 6.81. The number of anilines is 1. The number of fused-ring (bicyclic) bond motifs is 1. The number of nitrogens with two attached hydrogens (primary N) is 1. The fourth-order valence-electron chi connectivity index (χ4n) is 1.43. The number of nitrogen functional groups attached to an aromatic ring is 1. The molecule has 1 aromatic heterocycles. The number of hydrogen-bond acceptors (Lipinski definition) is 3. The molecule has 74 valence electrons. The Morgan fingerprint density at radius 1 is 1.43 bits per heavy atom. The molecule has 0 aliphatic carbocycles. The van der Waals surface area contributed by atoms with Crippen molar-refractivity contribution in [3.63, 3.8) is 0 Å². The molecule has 0 radical (unpaired) electrons. The Bertz CT molecular complexity index is 466. The van der Waals surface area contributed by atoms with Gasteiger partial charge >= 0.3 is 0 Å². The number of methoxy groups -OCH3 is 1. The Morgan fingerprint density at radius 2 is 2.21 bits per heavy atom. The number of thiophene rings is 1. The van der Waals surface area contributed by atoms with Gasteiger partial charge in [-0.15, -0.1) is 22.9 Å². The molecule has 0 saturated carbocycles. The Kier molecular flexibility index (Phi) is 2.52. The summed E-state index contributed by atoms with van der Waals surface area (Å²) in [5, 5.41) is 1.90. The van der Waals surface area contributed by atoms with Gasteiger partial charge < -0.3 is 10.5 Å². The third-order valence-corrected chi connectivity index (χ3v) is 3.41. The molecule has 0 unspecified atom stereocenters. The van der Waals surface area contributed by atoms with Gasteiger partial charge in [0, 0.05) is 10.6 Å². The minimum Gasteiger partial charge on any atom is -0.497 e.